The van der Waals surface area contributed by atoms with E-state index in [1.807, 2.05) is 0 Å². The molecular formula is C17H28FN3O2. The number of benzene rings is 1. The molecule has 1 aromatic carbocycles. The first-order valence-electron chi connectivity index (χ1n) is 8.02. The quantitative estimate of drug-likeness (QED) is 0.687. The maximum atomic E-state index is 12.8. The number of aliphatic hydroxyl groups excluding tert-OH is 1. The van der Waals surface area contributed by atoms with E-state index in [1.54, 1.807) is 0 Å². The summed E-state index contributed by atoms with van der Waals surface area (Å²) in [5, 5.41) is 15.3. The van der Waals surface area contributed by atoms with E-state index in [2.05, 4.69) is 43.2 Å². The van der Waals surface area contributed by atoms with Crippen LogP contribution in [0, 0.1) is 5.82 Å². The van der Waals surface area contributed by atoms with Gasteiger partial charge in [0.25, 0.3) is 0 Å². The smallest absolute Gasteiger partial charge is 0.314 e. The van der Waals surface area contributed by atoms with Crippen molar-refractivity contribution < 1.29 is 14.3 Å². The monoisotopic (exact) mass is 325 g/mol. The largest absolute Gasteiger partial charge is 0.387 e. The molecule has 3 N–H and O–H groups in total. The van der Waals surface area contributed by atoms with Gasteiger partial charge in [0.15, 0.2) is 0 Å². The van der Waals surface area contributed by atoms with Crippen molar-refractivity contribution in [3.05, 3.63) is 35.6 Å². The summed E-state index contributed by atoms with van der Waals surface area (Å²) in [4.78, 5) is 14.0. The molecule has 0 bridgehead atoms. The second-order valence-electron chi connectivity index (χ2n) is 6.13. The number of rotatable bonds is 8. The summed E-state index contributed by atoms with van der Waals surface area (Å²) in [5.41, 5.74) is 0.567. The van der Waals surface area contributed by atoms with E-state index < -0.39 is 6.10 Å². The van der Waals surface area contributed by atoms with Crippen LogP contribution in [0.25, 0.3) is 0 Å². The molecule has 0 aliphatic heterocycles. The minimum atomic E-state index is -0.857. The van der Waals surface area contributed by atoms with E-state index in [1.165, 1.54) is 24.3 Å². The number of aliphatic hydroxyl groups is 1. The molecule has 0 saturated carbocycles. The van der Waals surface area contributed by atoms with Crippen LogP contribution in [-0.4, -0.2) is 47.8 Å². The number of hydrogen-bond acceptors (Lipinski definition) is 3. The van der Waals surface area contributed by atoms with Crippen molar-refractivity contribution in [3.8, 4) is 0 Å². The van der Waals surface area contributed by atoms with Crippen LogP contribution in [0.15, 0.2) is 24.3 Å². The molecule has 1 aromatic rings. The van der Waals surface area contributed by atoms with Crippen LogP contribution in [0.4, 0.5) is 9.18 Å². The number of nitrogens with one attached hydrogen (secondary N) is 2. The van der Waals surface area contributed by atoms with Crippen molar-refractivity contribution in [3.63, 3.8) is 0 Å². The zero-order chi connectivity index (χ0) is 17.4. The topological polar surface area (TPSA) is 64.6 Å². The molecule has 0 fully saturated rings. The predicted molar refractivity (Wildman–Crippen MR) is 89.7 cm³/mol. The number of amides is 2. The molecule has 23 heavy (non-hydrogen) atoms. The van der Waals surface area contributed by atoms with E-state index >= 15 is 0 Å². The van der Waals surface area contributed by atoms with E-state index in [9.17, 15) is 14.3 Å². The molecule has 0 saturated heterocycles. The standard InChI is InChI=1S/C17H28FN3O2/c1-12(2)21(13(3)4)10-9-19-17(23)20-11-16(22)14-5-7-15(18)8-6-14/h5-8,12-13,16,22H,9-11H2,1-4H3,(H2,19,20,23). The Morgan fingerprint density at radius 1 is 1.13 bits per heavy atom. The van der Waals surface area contributed by atoms with E-state index in [4.69, 9.17) is 0 Å². The van der Waals surface area contributed by atoms with E-state index in [-0.39, 0.29) is 18.4 Å². The maximum Gasteiger partial charge on any atom is 0.314 e. The lowest BCUT2D eigenvalue weighted by molar-refractivity contribution is 0.168. The Labute approximate surface area is 137 Å². The zero-order valence-electron chi connectivity index (χ0n) is 14.3. The normalized spacial score (nSPS) is 12.7. The minimum Gasteiger partial charge on any atom is -0.387 e. The van der Waals surface area contributed by atoms with Crippen LogP contribution >= 0.6 is 0 Å². The third kappa shape index (κ3) is 6.97. The van der Waals surface area contributed by atoms with Gasteiger partial charge in [0, 0.05) is 31.7 Å². The van der Waals surface area contributed by atoms with Crippen molar-refractivity contribution in [2.24, 2.45) is 0 Å². The van der Waals surface area contributed by atoms with Gasteiger partial charge in [0.1, 0.15) is 5.82 Å². The van der Waals surface area contributed by atoms with Gasteiger partial charge in [-0.15, -0.1) is 0 Å². The van der Waals surface area contributed by atoms with Crippen molar-refractivity contribution >= 4 is 6.03 Å². The van der Waals surface area contributed by atoms with Crippen LogP contribution in [0.5, 0.6) is 0 Å². The zero-order valence-corrected chi connectivity index (χ0v) is 14.3. The molecule has 1 rings (SSSR count). The molecule has 0 heterocycles. The Morgan fingerprint density at radius 2 is 1.70 bits per heavy atom. The lowest BCUT2D eigenvalue weighted by atomic mass is 10.1. The summed E-state index contributed by atoms with van der Waals surface area (Å²) >= 11 is 0. The highest BCUT2D eigenvalue weighted by atomic mass is 19.1. The first-order chi connectivity index (χ1) is 10.8. The molecule has 1 atom stereocenters. The highest BCUT2D eigenvalue weighted by Gasteiger charge is 2.13. The Balaban J connectivity index is 2.30. The van der Waals surface area contributed by atoms with Gasteiger partial charge in [0.2, 0.25) is 0 Å². The minimum absolute atomic E-state index is 0.0789. The second kappa shape index (κ2) is 9.47. The van der Waals surface area contributed by atoms with E-state index in [0.717, 1.165) is 6.54 Å². The van der Waals surface area contributed by atoms with Crippen LogP contribution in [0.2, 0.25) is 0 Å². The van der Waals surface area contributed by atoms with Crippen molar-refractivity contribution in [1.82, 2.24) is 15.5 Å². The molecule has 1 unspecified atom stereocenters. The van der Waals surface area contributed by atoms with Crippen LogP contribution < -0.4 is 10.6 Å². The summed E-state index contributed by atoms with van der Waals surface area (Å²) in [5.74, 6) is -0.355. The Morgan fingerprint density at radius 3 is 2.22 bits per heavy atom. The lowest BCUT2D eigenvalue weighted by Gasteiger charge is -2.30. The van der Waals surface area contributed by atoms with Gasteiger partial charge < -0.3 is 15.7 Å². The third-order valence-electron chi connectivity index (χ3n) is 3.69. The number of nitrogens with zero attached hydrogens (tertiary/aromatic N) is 1. The van der Waals surface area contributed by atoms with Gasteiger partial charge in [0.05, 0.1) is 6.10 Å². The number of halogens is 1. The van der Waals surface area contributed by atoms with Crippen molar-refractivity contribution in [1.29, 1.82) is 0 Å². The summed E-state index contributed by atoms with van der Waals surface area (Å²) < 4.78 is 12.8. The second-order valence-corrected chi connectivity index (χ2v) is 6.13. The summed E-state index contributed by atoms with van der Waals surface area (Å²) in [7, 11) is 0. The van der Waals surface area contributed by atoms with Crippen LogP contribution in [0.3, 0.4) is 0 Å². The molecule has 130 valence electrons. The summed E-state index contributed by atoms with van der Waals surface area (Å²) in [6, 6.07) is 6.08. The Bertz CT molecular complexity index is 469. The van der Waals surface area contributed by atoms with Gasteiger partial charge in [-0.25, -0.2) is 9.18 Å². The van der Waals surface area contributed by atoms with E-state index in [0.29, 0.717) is 24.2 Å². The molecule has 0 radical (unpaired) electrons. The molecule has 6 heteroatoms. The highest BCUT2D eigenvalue weighted by Crippen LogP contribution is 2.12. The van der Waals surface area contributed by atoms with Crippen molar-refractivity contribution in [2.45, 2.75) is 45.9 Å². The van der Waals surface area contributed by atoms with Gasteiger partial charge in [-0.3, -0.25) is 4.90 Å². The molecule has 0 aliphatic rings. The van der Waals surface area contributed by atoms with Crippen LogP contribution in [-0.2, 0) is 0 Å². The first-order valence-corrected chi connectivity index (χ1v) is 8.02. The van der Waals surface area contributed by atoms with Gasteiger partial charge >= 0.3 is 6.03 Å². The molecule has 0 aromatic heterocycles. The molecule has 5 nitrogen and oxygen atoms in total. The number of urea groups is 1. The average molecular weight is 325 g/mol. The fourth-order valence-electron chi connectivity index (χ4n) is 2.47. The highest BCUT2D eigenvalue weighted by molar-refractivity contribution is 5.73. The summed E-state index contributed by atoms with van der Waals surface area (Å²) in [6.07, 6.45) is -0.857. The number of carbonyl (C=O) groups excluding carboxylic acids is 1. The van der Waals surface area contributed by atoms with Crippen LogP contribution in [0.1, 0.15) is 39.4 Å². The van der Waals surface area contributed by atoms with Gasteiger partial charge in [-0.1, -0.05) is 12.1 Å². The number of hydrogen-bond donors (Lipinski definition) is 3. The average Bonchev–Trinajstić information content (AvgIpc) is 2.49. The molecule has 0 aliphatic carbocycles. The third-order valence-corrected chi connectivity index (χ3v) is 3.69. The SMILES string of the molecule is CC(C)N(CCNC(=O)NCC(O)c1ccc(F)cc1)C(C)C. The van der Waals surface area contributed by atoms with Gasteiger partial charge in [-0.2, -0.15) is 0 Å². The Kier molecular flexibility index (Phi) is 7.98. The van der Waals surface area contributed by atoms with Crippen molar-refractivity contribution in [2.75, 3.05) is 19.6 Å². The fourth-order valence-corrected chi connectivity index (χ4v) is 2.47. The lowest BCUT2D eigenvalue weighted by Crippen LogP contribution is -2.45. The van der Waals surface area contributed by atoms with Gasteiger partial charge in [-0.05, 0) is 45.4 Å². The molecule has 0 spiro atoms. The Hall–Kier alpha value is -1.66. The number of carbonyl (C=O) groups is 1. The predicted octanol–water partition coefficient (Wildman–Crippen LogP) is 2.28. The molecule has 2 amide bonds. The fraction of sp³-hybridized carbons (Fsp3) is 0.588. The maximum absolute atomic E-state index is 12.8. The molecular weight excluding hydrogens is 297 g/mol. The first kappa shape index (κ1) is 19.4. The summed E-state index contributed by atoms with van der Waals surface area (Å²) in [6.45, 7) is 9.88.